The summed E-state index contributed by atoms with van der Waals surface area (Å²) in [5, 5.41) is 2.35. The van der Waals surface area contributed by atoms with Crippen molar-refractivity contribution in [1.29, 1.82) is 0 Å². The van der Waals surface area contributed by atoms with Crippen LogP contribution in [0.1, 0.15) is 19.4 Å². The molecule has 1 aromatic carbocycles. The zero-order chi connectivity index (χ0) is 14.1. The molecule has 0 spiro atoms. The molecule has 0 saturated heterocycles. The van der Waals surface area contributed by atoms with E-state index in [1.54, 1.807) is 0 Å². The lowest BCUT2D eigenvalue weighted by Gasteiger charge is -2.19. The summed E-state index contributed by atoms with van der Waals surface area (Å²) in [5.41, 5.74) is 3.58. The molecule has 3 nitrogen and oxygen atoms in total. The molecule has 0 aliphatic carbocycles. The number of carbonyl (C=O) groups is 1. The minimum atomic E-state index is -4.46. The molecular weight excluding hydrogens is 313 g/mol. The number of halogens is 4. The van der Waals surface area contributed by atoms with Crippen LogP contribution in [0.5, 0.6) is 0 Å². The van der Waals surface area contributed by atoms with Crippen molar-refractivity contribution in [2.24, 2.45) is 5.73 Å². The molecule has 0 unspecified atom stereocenters. The number of rotatable bonds is 2. The molecule has 0 aliphatic rings. The summed E-state index contributed by atoms with van der Waals surface area (Å²) in [6, 6.07) is 3.00. The first kappa shape index (κ1) is 15.0. The van der Waals surface area contributed by atoms with Gasteiger partial charge in [-0.25, -0.2) is 0 Å². The van der Waals surface area contributed by atoms with Crippen LogP contribution in [0.15, 0.2) is 22.7 Å². The van der Waals surface area contributed by atoms with Crippen LogP contribution >= 0.6 is 15.9 Å². The highest BCUT2D eigenvalue weighted by Gasteiger charge is 2.31. The van der Waals surface area contributed by atoms with Gasteiger partial charge in [0.25, 0.3) is 0 Å². The van der Waals surface area contributed by atoms with Crippen LogP contribution < -0.4 is 11.1 Å². The molecule has 0 fully saturated rings. The van der Waals surface area contributed by atoms with Crippen molar-refractivity contribution in [1.82, 2.24) is 0 Å². The van der Waals surface area contributed by atoms with Gasteiger partial charge in [0, 0.05) is 4.47 Å². The van der Waals surface area contributed by atoms with Crippen LogP contribution in [0, 0.1) is 0 Å². The normalized spacial score (nSPS) is 12.4. The highest BCUT2D eigenvalue weighted by Crippen LogP contribution is 2.34. The summed E-state index contributed by atoms with van der Waals surface area (Å²) in [4.78, 5) is 11.6. The molecule has 0 bridgehead atoms. The van der Waals surface area contributed by atoms with Crippen molar-refractivity contribution in [3.63, 3.8) is 0 Å². The highest BCUT2D eigenvalue weighted by atomic mass is 79.9. The number of nitrogens with one attached hydrogen (secondary N) is 1. The molecule has 0 aliphatic heterocycles. The average molecular weight is 325 g/mol. The third-order valence-corrected chi connectivity index (χ3v) is 2.82. The summed E-state index contributed by atoms with van der Waals surface area (Å²) in [6.45, 7) is 2.92. The van der Waals surface area contributed by atoms with Crippen LogP contribution in [0.4, 0.5) is 18.9 Å². The van der Waals surface area contributed by atoms with Gasteiger partial charge >= 0.3 is 6.18 Å². The van der Waals surface area contributed by atoms with Crippen LogP contribution in [-0.4, -0.2) is 11.4 Å². The van der Waals surface area contributed by atoms with Crippen molar-refractivity contribution in [2.45, 2.75) is 25.6 Å². The predicted octanol–water partition coefficient (Wildman–Crippen LogP) is 3.14. The first-order valence-corrected chi connectivity index (χ1v) is 5.78. The minimum Gasteiger partial charge on any atom is -0.323 e. The molecule has 1 rings (SSSR count). The largest absolute Gasteiger partial charge is 0.416 e. The number of hydrogen-bond donors (Lipinski definition) is 2. The van der Waals surface area contributed by atoms with Gasteiger partial charge in [-0.1, -0.05) is 0 Å². The van der Waals surface area contributed by atoms with Crippen LogP contribution in [-0.2, 0) is 11.0 Å². The Kier molecular flexibility index (Phi) is 4.07. The average Bonchev–Trinajstić information content (AvgIpc) is 2.18. The van der Waals surface area contributed by atoms with Gasteiger partial charge in [-0.05, 0) is 48.0 Å². The number of amides is 1. The molecule has 1 aromatic rings. The van der Waals surface area contributed by atoms with Gasteiger partial charge in [0.15, 0.2) is 0 Å². The summed E-state index contributed by atoms with van der Waals surface area (Å²) < 4.78 is 37.9. The van der Waals surface area contributed by atoms with E-state index in [0.717, 1.165) is 12.1 Å². The SMILES string of the molecule is CC(C)(N)C(=O)Nc1cc(C(F)(F)F)ccc1Br. The molecule has 0 radical (unpaired) electrons. The van der Waals surface area contributed by atoms with Crippen molar-refractivity contribution in [2.75, 3.05) is 5.32 Å². The van der Waals surface area contributed by atoms with Crippen molar-refractivity contribution < 1.29 is 18.0 Å². The molecule has 0 heterocycles. The zero-order valence-corrected chi connectivity index (χ0v) is 11.3. The van der Waals surface area contributed by atoms with E-state index >= 15 is 0 Å². The minimum absolute atomic E-state index is 0.0355. The third-order valence-electron chi connectivity index (χ3n) is 2.13. The Balaban J connectivity index is 3.06. The second-order valence-electron chi connectivity index (χ2n) is 4.37. The molecule has 1 amide bonds. The lowest BCUT2D eigenvalue weighted by atomic mass is 10.1. The maximum Gasteiger partial charge on any atom is 0.416 e. The van der Waals surface area contributed by atoms with Gasteiger partial charge in [-0.3, -0.25) is 4.79 Å². The number of hydrogen-bond acceptors (Lipinski definition) is 2. The first-order valence-electron chi connectivity index (χ1n) is 4.99. The maximum absolute atomic E-state index is 12.5. The summed E-state index contributed by atoms with van der Waals surface area (Å²) >= 11 is 3.07. The van der Waals surface area contributed by atoms with Gasteiger partial charge in [0.2, 0.25) is 5.91 Å². The maximum atomic E-state index is 12.5. The molecule has 0 aromatic heterocycles. The number of nitrogens with two attached hydrogens (primary N) is 1. The fourth-order valence-electron chi connectivity index (χ4n) is 1.08. The van der Waals surface area contributed by atoms with E-state index in [-0.39, 0.29) is 5.69 Å². The van der Waals surface area contributed by atoms with E-state index in [4.69, 9.17) is 5.73 Å². The van der Waals surface area contributed by atoms with E-state index in [2.05, 4.69) is 21.2 Å². The molecule has 3 N–H and O–H groups in total. The Bertz CT molecular complexity index is 466. The Labute approximate surface area is 111 Å². The highest BCUT2D eigenvalue weighted by molar-refractivity contribution is 9.10. The van der Waals surface area contributed by atoms with Crippen molar-refractivity contribution >= 4 is 27.5 Å². The Hall–Kier alpha value is -1.08. The molecule has 7 heteroatoms. The summed E-state index contributed by atoms with van der Waals surface area (Å²) in [5.74, 6) is -0.567. The molecule has 100 valence electrons. The summed E-state index contributed by atoms with van der Waals surface area (Å²) in [6.07, 6.45) is -4.46. The second-order valence-corrected chi connectivity index (χ2v) is 5.22. The Morgan fingerprint density at radius 3 is 2.33 bits per heavy atom. The molecular formula is C11H12BrF3N2O. The van der Waals surface area contributed by atoms with Gasteiger partial charge in [-0.2, -0.15) is 13.2 Å². The number of carbonyl (C=O) groups excluding carboxylic acids is 1. The van der Waals surface area contributed by atoms with E-state index in [9.17, 15) is 18.0 Å². The van der Waals surface area contributed by atoms with E-state index in [1.165, 1.54) is 19.9 Å². The van der Waals surface area contributed by atoms with E-state index < -0.39 is 23.2 Å². The number of alkyl halides is 3. The predicted molar refractivity (Wildman–Crippen MR) is 66.0 cm³/mol. The smallest absolute Gasteiger partial charge is 0.323 e. The fraction of sp³-hybridized carbons (Fsp3) is 0.364. The van der Waals surface area contributed by atoms with Crippen LogP contribution in [0.2, 0.25) is 0 Å². The van der Waals surface area contributed by atoms with Crippen molar-refractivity contribution in [3.05, 3.63) is 28.2 Å². The van der Waals surface area contributed by atoms with Gasteiger partial charge < -0.3 is 11.1 Å². The zero-order valence-electron chi connectivity index (χ0n) is 9.73. The van der Waals surface area contributed by atoms with E-state index in [1.807, 2.05) is 0 Å². The topological polar surface area (TPSA) is 55.1 Å². The van der Waals surface area contributed by atoms with Crippen LogP contribution in [0.3, 0.4) is 0 Å². The number of benzene rings is 1. The van der Waals surface area contributed by atoms with Crippen LogP contribution in [0.25, 0.3) is 0 Å². The molecule has 18 heavy (non-hydrogen) atoms. The van der Waals surface area contributed by atoms with Crippen molar-refractivity contribution in [3.8, 4) is 0 Å². The van der Waals surface area contributed by atoms with Gasteiger partial charge in [0.05, 0.1) is 16.8 Å². The summed E-state index contributed by atoms with van der Waals surface area (Å²) in [7, 11) is 0. The third kappa shape index (κ3) is 3.71. The lowest BCUT2D eigenvalue weighted by molar-refractivity contribution is -0.137. The molecule has 0 saturated carbocycles. The standard InChI is InChI=1S/C11H12BrF3N2O/c1-10(2,16)9(18)17-8-5-6(11(13,14)15)3-4-7(8)12/h3-5H,16H2,1-2H3,(H,17,18). The quantitative estimate of drug-likeness (QED) is 0.878. The van der Waals surface area contributed by atoms with E-state index in [0.29, 0.717) is 4.47 Å². The monoisotopic (exact) mass is 324 g/mol. The van der Waals surface area contributed by atoms with Gasteiger partial charge in [-0.15, -0.1) is 0 Å². The number of anilines is 1. The first-order chi connectivity index (χ1) is 8.01. The van der Waals surface area contributed by atoms with Gasteiger partial charge in [0.1, 0.15) is 0 Å². The molecule has 0 atom stereocenters. The second kappa shape index (κ2) is 4.89. The Morgan fingerprint density at radius 2 is 1.89 bits per heavy atom. The fourth-order valence-corrected chi connectivity index (χ4v) is 1.43. The Morgan fingerprint density at radius 1 is 1.33 bits per heavy atom. The lowest BCUT2D eigenvalue weighted by Crippen LogP contribution is -2.45.